The minimum absolute atomic E-state index is 0.0336. The smallest absolute Gasteiger partial charge is 0.224 e. The van der Waals surface area contributed by atoms with Gasteiger partial charge >= 0.3 is 0 Å². The largest absolute Gasteiger partial charge is 0.395 e. The molecule has 2 aliphatic heterocycles. The van der Waals surface area contributed by atoms with Gasteiger partial charge in [-0.15, -0.1) is 0 Å². The van der Waals surface area contributed by atoms with Gasteiger partial charge in [0.25, 0.3) is 0 Å². The molecule has 0 radical (unpaired) electrons. The van der Waals surface area contributed by atoms with Gasteiger partial charge in [-0.2, -0.15) is 4.98 Å². The molecule has 8 nitrogen and oxygen atoms in total. The van der Waals surface area contributed by atoms with E-state index in [1.807, 2.05) is 0 Å². The van der Waals surface area contributed by atoms with E-state index in [0.717, 1.165) is 57.0 Å². The minimum atomic E-state index is 0.0336. The maximum atomic E-state index is 11.1. The maximum absolute atomic E-state index is 11.1. The van der Waals surface area contributed by atoms with Crippen molar-refractivity contribution in [1.82, 2.24) is 15.3 Å². The lowest BCUT2D eigenvalue weighted by atomic mass is 9.96. The molecule has 3 heterocycles. The van der Waals surface area contributed by atoms with Gasteiger partial charge in [-0.25, -0.2) is 4.98 Å². The highest BCUT2D eigenvalue weighted by molar-refractivity contribution is 5.72. The fourth-order valence-corrected chi connectivity index (χ4v) is 3.49. The molecule has 2 fully saturated rings. The second-order valence-electron chi connectivity index (χ2n) is 7.05. The molecular weight excluding hydrogens is 334 g/mol. The molecule has 144 valence electrons. The van der Waals surface area contributed by atoms with Gasteiger partial charge in [-0.1, -0.05) is 0 Å². The number of nitrogens with zero attached hydrogens (tertiary/aromatic N) is 3. The van der Waals surface area contributed by atoms with Crippen molar-refractivity contribution < 1.29 is 14.6 Å². The molecule has 8 heteroatoms. The number of anilines is 2. The van der Waals surface area contributed by atoms with E-state index in [2.05, 4.69) is 31.6 Å². The molecule has 0 saturated carbocycles. The normalized spacial score (nSPS) is 21.0. The highest BCUT2D eigenvalue weighted by Gasteiger charge is 2.24. The third kappa shape index (κ3) is 5.04. The Labute approximate surface area is 154 Å². The Hall–Kier alpha value is -1.93. The summed E-state index contributed by atoms with van der Waals surface area (Å²) in [5.74, 6) is 2.36. The number of rotatable bonds is 7. The average molecular weight is 363 g/mol. The molecule has 26 heavy (non-hydrogen) atoms. The van der Waals surface area contributed by atoms with Crippen molar-refractivity contribution in [3.05, 3.63) is 11.8 Å². The summed E-state index contributed by atoms with van der Waals surface area (Å²) in [6.07, 6.45) is 3.05. The zero-order valence-corrected chi connectivity index (χ0v) is 15.4. The topological polar surface area (TPSA) is 99.6 Å². The Morgan fingerprint density at radius 3 is 2.81 bits per heavy atom. The van der Waals surface area contributed by atoms with Gasteiger partial charge in [0.2, 0.25) is 11.9 Å². The molecule has 1 amide bonds. The van der Waals surface area contributed by atoms with E-state index in [0.29, 0.717) is 30.9 Å². The SMILES string of the molecule is CC(=O)NCC1CCN(c2cc([C@@H]3CCOC3)nc(NCCO)n2)CC1. The van der Waals surface area contributed by atoms with Crippen molar-refractivity contribution in [3.8, 4) is 0 Å². The number of amides is 1. The molecule has 1 aromatic rings. The summed E-state index contributed by atoms with van der Waals surface area (Å²) >= 11 is 0. The number of aliphatic hydroxyl groups is 1. The van der Waals surface area contributed by atoms with Crippen LogP contribution in [0, 0.1) is 5.92 Å². The van der Waals surface area contributed by atoms with Gasteiger partial charge in [0, 0.05) is 51.7 Å². The van der Waals surface area contributed by atoms with Crippen LogP contribution in [0.2, 0.25) is 0 Å². The number of hydrogen-bond acceptors (Lipinski definition) is 7. The van der Waals surface area contributed by atoms with Gasteiger partial charge in [-0.3, -0.25) is 4.79 Å². The highest BCUT2D eigenvalue weighted by Crippen LogP contribution is 2.29. The monoisotopic (exact) mass is 363 g/mol. The van der Waals surface area contributed by atoms with Crippen LogP contribution in [0.1, 0.15) is 37.8 Å². The number of carbonyl (C=O) groups is 1. The molecule has 2 aliphatic rings. The first-order chi connectivity index (χ1) is 12.7. The van der Waals surface area contributed by atoms with E-state index in [4.69, 9.17) is 9.84 Å². The van der Waals surface area contributed by atoms with Crippen LogP contribution < -0.4 is 15.5 Å². The van der Waals surface area contributed by atoms with Crippen LogP contribution in [0.5, 0.6) is 0 Å². The lowest BCUT2D eigenvalue weighted by Gasteiger charge is -2.33. The van der Waals surface area contributed by atoms with Crippen molar-refractivity contribution in [3.63, 3.8) is 0 Å². The molecule has 0 aromatic carbocycles. The summed E-state index contributed by atoms with van der Waals surface area (Å²) in [5.41, 5.74) is 1.01. The first-order valence-electron chi connectivity index (χ1n) is 9.46. The predicted octanol–water partition coefficient (Wildman–Crippen LogP) is 0.737. The predicted molar refractivity (Wildman–Crippen MR) is 99.4 cm³/mol. The first-order valence-corrected chi connectivity index (χ1v) is 9.46. The fraction of sp³-hybridized carbons (Fsp3) is 0.722. The third-order valence-corrected chi connectivity index (χ3v) is 5.05. The van der Waals surface area contributed by atoms with Gasteiger partial charge < -0.3 is 25.4 Å². The van der Waals surface area contributed by atoms with Gasteiger partial charge in [0.1, 0.15) is 5.82 Å². The number of hydrogen-bond donors (Lipinski definition) is 3. The van der Waals surface area contributed by atoms with Crippen LogP contribution in [0.4, 0.5) is 11.8 Å². The molecule has 3 rings (SSSR count). The lowest BCUT2D eigenvalue weighted by Crippen LogP contribution is -2.38. The van der Waals surface area contributed by atoms with Crippen LogP contribution in [0.3, 0.4) is 0 Å². The fourth-order valence-electron chi connectivity index (χ4n) is 3.49. The van der Waals surface area contributed by atoms with Crippen LogP contribution in [-0.2, 0) is 9.53 Å². The zero-order valence-electron chi connectivity index (χ0n) is 15.4. The number of nitrogens with one attached hydrogen (secondary N) is 2. The first kappa shape index (κ1) is 18.8. The zero-order chi connectivity index (χ0) is 18.4. The van der Waals surface area contributed by atoms with E-state index in [9.17, 15) is 4.79 Å². The molecule has 1 atom stereocenters. The Bertz CT molecular complexity index is 598. The van der Waals surface area contributed by atoms with E-state index < -0.39 is 0 Å². The second kappa shape index (κ2) is 9.14. The summed E-state index contributed by atoms with van der Waals surface area (Å²) in [7, 11) is 0. The summed E-state index contributed by atoms with van der Waals surface area (Å²) in [6.45, 7) is 6.11. The van der Waals surface area contributed by atoms with Crippen LogP contribution in [0.15, 0.2) is 6.07 Å². The summed E-state index contributed by atoms with van der Waals surface area (Å²) in [5, 5.41) is 15.1. The summed E-state index contributed by atoms with van der Waals surface area (Å²) in [6, 6.07) is 2.08. The van der Waals surface area contributed by atoms with Gasteiger partial charge in [0.15, 0.2) is 0 Å². The lowest BCUT2D eigenvalue weighted by molar-refractivity contribution is -0.119. The Morgan fingerprint density at radius 2 is 2.15 bits per heavy atom. The number of piperidine rings is 1. The molecule has 1 aromatic heterocycles. The van der Waals surface area contributed by atoms with E-state index in [1.165, 1.54) is 0 Å². The number of carbonyl (C=O) groups excluding carboxylic acids is 1. The third-order valence-electron chi connectivity index (χ3n) is 5.05. The molecule has 0 aliphatic carbocycles. The molecule has 2 saturated heterocycles. The van der Waals surface area contributed by atoms with E-state index >= 15 is 0 Å². The highest BCUT2D eigenvalue weighted by atomic mass is 16.5. The van der Waals surface area contributed by atoms with Crippen LogP contribution >= 0.6 is 0 Å². The van der Waals surface area contributed by atoms with Gasteiger partial charge in [-0.05, 0) is 25.2 Å². The Kier molecular flexibility index (Phi) is 6.62. The van der Waals surface area contributed by atoms with Crippen molar-refractivity contribution in [2.24, 2.45) is 5.92 Å². The van der Waals surface area contributed by atoms with Crippen LogP contribution in [-0.4, -0.2) is 67.0 Å². The van der Waals surface area contributed by atoms with Gasteiger partial charge in [0.05, 0.1) is 18.9 Å². The van der Waals surface area contributed by atoms with E-state index in [-0.39, 0.29) is 12.5 Å². The molecule has 0 spiro atoms. The Morgan fingerprint density at radius 1 is 1.35 bits per heavy atom. The van der Waals surface area contributed by atoms with Crippen molar-refractivity contribution in [2.45, 2.75) is 32.1 Å². The number of aliphatic hydroxyl groups excluding tert-OH is 1. The quantitative estimate of drug-likeness (QED) is 0.657. The molecular formula is C18H29N5O3. The maximum Gasteiger partial charge on any atom is 0.224 e. The summed E-state index contributed by atoms with van der Waals surface area (Å²) < 4.78 is 5.51. The Balaban J connectivity index is 1.68. The molecule has 0 unspecified atom stereocenters. The molecule has 0 bridgehead atoms. The summed E-state index contributed by atoms with van der Waals surface area (Å²) in [4.78, 5) is 22.6. The van der Waals surface area contributed by atoms with Crippen molar-refractivity contribution in [1.29, 1.82) is 0 Å². The van der Waals surface area contributed by atoms with Crippen LogP contribution in [0.25, 0.3) is 0 Å². The average Bonchev–Trinajstić information content (AvgIpc) is 3.20. The van der Waals surface area contributed by atoms with Crippen molar-refractivity contribution >= 4 is 17.7 Å². The second-order valence-corrected chi connectivity index (χ2v) is 7.05. The van der Waals surface area contributed by atoms with E-state index in [1.54, 1.807) is 6.92 Å². The standard InChI is InChI=1S/C18H29N5O3/c1-13(25)20-11-14-2-6-23(7-3-14)17-10-16(15-4-9-26-12-15)21-18(22-17)19-5-8-24/h10,14-15,24H,2-9,11-12H2,1H3,(H,20,25)(H,19,21,22)/t15-/m1/s1. The van der Waals surface area contributed by atoms with Crippen molar-refractivity contribution in [2.75, 3.05) is 56.2 Å². The minimum Gasteiger partial charge on any atom is -0.395 e. The molecule has 3 N–H and O–H groups in total. The number of ether oxygens (including phenoxy) is 1. The number of aromatic nitrogens is 2.